The van der Waals surface area contributed by atoms with E-state index in [4.69, 9.17) is 4.84 Å². The first-order valence-corrected chi connectivity index (χ1v) is 16.7. The highest BCUT2D eigenvalue weighted by Gasteiger charge is 2.41. The van der Waals surface area contributed by atoms with E-state index in [-0.39, 0.29) is 35.8 Å². The predicted octanol–water partition coefficient (Wildman–Crippen LogP) is 2.77. The molecule has 3 heterocycles. The molecule has 4 amide bonds. The number of aromatic nitrogens is 1. The summed E-state index contributed by atoms with van der Waals surface area (Å²) in [4.78, 5) is 74.5. The van der Waals surface area contributed by atoms with Crippen LogP contribution in [0, 0.1) is 5.92 Å². The van der Waals surface area contributed by atoms with Crippen molar-refractivity contribution in [1.82, 2.24) is 25.6 Å². The highest BCUT2D eigenvalue weighted by Crippen LogP contribution is 2.32. The lowest BCUT2D eigenvalue weighted by atomic mass is 9.93. The number of hydrogen-bond acceptors (Lipinski definition) is 7. The number of carbonyl (C=O) groups is 5. The molecule has 4 N–H and O–H groups in total. The van der Waals surface area contributed by atoms with Crippen LogP contribution in [-0.2, 0) is 30.4 Å². The number of aromatic hydroxyl groups is 1. The number of para-hydroxylation sites is 1. The van der Waals surface area contributed by atoms with Crippen molar-refractivity contribution in [3.63, 3.8) is 0 Å². The fourth-order valence-corrected chi connectivity index (χ4v) is 6.48. The number of hydrogen-bond donors (Lipinski definition) is 4. The van der Waals surface area contributed by atoms with Crippen LogP contribution in [-0.4, -0.2) is 82.0 Å². The first-order chi connectivity index (χ1) is 22.1. The van der Waals surface area contributed by atoms with Gasteiger partial charge in [0.25, 0.3) is 0 Å². The van der Waals surface area contributed by atoms with Gasteiger partial charge in [0, 0.05) is 36.8 Å². The number of unbranched alkanes of at least 4 members (excludes halogenated alkanes) is 2. The molecule has 2 saturated heterocycles. The number of carbonyl (C=O) groups excluding carboxylic acids is 5. The Balaban J connectivity index is 1.69. The van der Waals surface area contributed by atoms with Gasteiger partial charge in [-0.3, -0.25) is 24.0 Å². The molecule has 252 valence electrons. The Bertz CT molecular complexity index is 1420. The first kappa shape index (κ1) is 34.8. The predicted molar refractivity (Wildman–Crippen MR) is 173 cm³/mol. The summed E-state index contributed by atoms with van der Waals surface area (Å²) in [5.74, 6) is -2.04. The van der Waals surface area contributed by atoms with Gasteiger partial charge in [0.05, 0.1) is 5.52 Å². The Morgan fingerprint density at radius 1 is 0.978 bits per heavy atom. The van der Waals surface area contributed by atoms with Crippen LogP contribution in [0.2, 0.25) is 0 Å². The molecule has 5 atom stereocenters. The second-order valence-corrected chi connectivity index (χ2v) is 12.5. The lowest BCUT2D eigenvalue weighted by molar-refractivity contribution is -0.147. The van der Waals surface area contributed by atoms with Gasteiger partial charge in [0.1, 0.15) is 37.1 Å². The summed E-state index contributed by atoms with van der Waals surface area (Å²) in [5, 5.41) is 20.4. The van der Waals surface area contributed by atoms with Crippen molar-refractivity contribution in [2.45, 2.75) is 116 Å². The number of nitrogens with one attached hydrogen (secondary N) is 3. The molecule has 0 aliphatic carbocycles. The van der Waals surface area contributed by atoms with Crippen molar-refractivity contribution < 1.29 is 33.9 Å². The minimum atomic E-state index is -1.17. The van der Waals surface area contributed by atoms with Crippen LogP contribution in [0.3, 0.4) is 0 Å². The van der Waals surface area contributed by atoms with Gasteiger partial charge < -0.3 is 30.8 Å². The topological polar surface area (TPSA) is 159 Å². The molecule has 1 aromatic heterocycles. The standard InChI is InChI=1S/C34H49N5O7/c1-5-21(3)29-34(45)38-19-13-12-18-28(38)32(43)35-25(16-9-7-8-14-22(40)6-2)30(41)36-26(31(42)37-29)20-24-23-15-10-11-17-27(23)39(46-4)33(24)44/h10-11,15,17,21,25-26,28-29,44H,5-9,12-14,16,18-20H2,1-4H3,(H,35,43)(H,36,41)(H,37,42)/t21?,25-,26?,28+,29-/m0/s1. The average molecular weight is 640 g/mol. The van der Waals surface area contributed by atoms with Crippen molar-refractivity contribution in [2.24, 2.45) is 5.92 Å². The summed E-state index contributed by atoms with van der Waals surface area (Å²) in [7, 11) is 1.42. The van der Waals surface area contributed by atoms with E-state index in [9.17, 15) is 29.1 Å². The molecular formula is C34H49N5O7. The third-order valence-corrected chi connectivity index (χ3v) is 9.48. The number of piperidine rings is 1. The van der Waals surface area contributed by atoms with Gasteiger partial charge in [-0.15, -0.1) is 4.73 Å². The van der Waals surface area contributed by atoms with E-state index in [1.54, 1.807) is 29.2 Å². The molecule has 2 fully saturated rings. The quantitative estimate of drug-likeness (QED) is 0.260. The van der Waals surface area contributed by atoms with Crippen LogP contribution in [0.15, 0.2) is 24.3 Å². The van der Waals surface area contributed by atoms with Crippen molar-refractivity contribution in [2.75, 3.05) is 13.7 Å². The van der Waals surface area contributed by atoms with Gasteiger partial charge in [-0.05, 0) is 44.1 Å². The van der Waals surface area contributed by atoms with Gasteiger partial charge in [-0.1, -0.05) is 58.2 Å². The summed E-state index contributed by atoms with van der Waals surface area (Å²) >= 11 is 0. The van der Waals surface area contributed by atoms with Crippen LogP contribution >= 0.6 is 0 Å². The van der Waals surface area contributed by atoms with Gasteiger partial charge in [0.15, 0.2) is 0 Å². The van der Waals surface area contributed by atoms with Crippen molar-refractivity contribution >= 4 is 40.3 Å². The van der Waals surface area contributed by atoms with E-state index >= 15 is 0 Å². The lowest BCUT2D eigenvalue weighted by Gasteiger charge is -2.39. The van der Waals surface area contributed by atoms with E-state index < -0.39 is 36.0 Å². The van der Waals surface area contributed by atoms with Gasteiger partial charge in [-0.2, -0.15) is 0 Å². The zero-order chi connectivity index (χ0) is 33.4. The normalized spacial score (nSPS) is 23.4. The van der Waals surface area contributed by atoms with Gasteiger partial charge in [-0.25, -0.2) is 0 Å². The van der Waals surface area contributed by atoms with E-state index in [0.717, 1.165) is 12.8 Å². The number of benzene rings is 1. The van der Waals surface area contributed by atoms with Crippen LogP contribution < -0.4 is 20.8 Å². The number of nitrogens with zero attached hydrogens (tertiary/aromatic N) is 2. The van der Waals surface area contributed by atoms with Crippen molar-refractivity contribution in [3.05, 3.63) is 29.8 Å². The van der Waals surface area contributed by atoms with Crippen molar-refractivity contribution in [1.29, 1.82) is 0 Å². The average Bonchev–Trinajstić information content (AvgIpc) is 3.34. The van der Waals surface area contributed by atoms with E-state index in [0.29, 0.717) is 74.4 Å². The van der Waals surface area contributed by atoms with Crippen LogP contribution in [0.1, 0.15) is 90.5 Å². The molecule has 2 aliphatic rings. The molecule has 2 aromatic rings. The summed E-state index contributed by atoms with van der Waals surface area (Å²) in [6.45, 7) is 6.02. The van der Waals surface area contributed by atoms with E-state index in [2.05, 4.69) is 16.0 Å². The number of Topliss-reactive ketones (excluding diaryl/α,β-unsaturated/α-hetero) is 1. The second kappa shape index (κ2) is 16.0. The lowest BCUT2D eigenvalue weighted by Crippen LogP contribution is -2.64. The molecule has 0 bridgehead atoms. The second-order valence-electron chi connectivity index (χ2n) is 12.5. The molecular weight excluding hydrogens is 590 g/mol. The Kier molecular flexibility index (Phi) is 12.1. The Labute approximate surface area is 270 Å². The minimum Gasteiger partial charge on any atom is -0.492 e. The number of ketones is 1. The fourth-order valence-electron chi connectivity index (χ4n) is 6.48. The number of amides is 4. The first-order valence-electron chi connectivity index (χ1n) is 16.7. The Hall–Kier alpha value is -4.09. The third kappa shape index (κ3) is 7.82. The SMILES string of the molecule is CCC(=O)CCCCC[C@@H]1NC(=O)[C@H]2CCCCN2C(=O)[C@H](C(C)CC)NC(=O)C(Cc2c(O)n(OC)c3ccccc23)NC1=O. The molecule has 12 heteroatoms. The molecule has 0 spiro atoms. The Morgan fingerprint density at radius 2 is 1.70 bits per heavy atom. The van der Waals surface area contributed by atoms with E-state index in [1.807, 2.05) is 20.8 Å². The zero-order valence-corrected chi connectivity index (χ0v) is 27.5. The van der Waals surface area contributed by atoms with Gasteiger partial charge in [0.2, 0.25) is 29.5 Å². The summed E-state index contributed by atoms with van der Waals surface area (Å²) < 4.78 is 1.26. The maximum Gasteiger partial charge on any atom is 0.246 e. The molecule has 4 rings (SSSR count). The van der Waals surface area contributed by atoms with Crippen LogP contribution in [0.5, 0.6) is 5.88 Å². The molecule has 2 aliphatic heterocycles. The number of rotatable bonds is 12. The summed E-state index contributed by atoms with van der Waals surface area (Å²) in [6.07, 6.45) is 5.71. The van der Waals surface area contributed by atoms with Crippen molar-refractivity contribution in [3.8, 4) is 5.88 Å². The molecule has 46 heavy (non-hydrogen) atoms. The zero-order valence-electron chi connectivity index (χ0n) is 27.5. The highest BCUT2D eigenvalue weighted by atomic mass is 16.7. The smallest absolute Gasteiger partial charge is 0.246 e. The maximum atomic E-state index is 14.1. The minimum absolute atomic E-state index is 0.0895. The molecule has 2 unspecified atom stereocenters. The monoisotopic (exact) mass is 639 g/mol. The highest BCUT2D eigenvalue weighted by molar-refractivity contribution is 5.98. The molecule has 1 aromatic carbocycles. The summed E-state index contributed by atoms with van der Waals surface area (Å²) in [6, 6.07) is 3.39. The number of fused-ring (bicyclic) bond motifs is 2. The summed E-state index contributed by atoms with van der Waals surface area (Å²) in [5.41, 5.74) is 0.988. The molecule has 0 radical (unpaired) electrons. The van der Waals surface area contributed by atoms with Crippen LogP contribution in [0.25, 0.3) is 10.9 Å². The van der Waals surface area contributed by atoms with Crippen LogP contribution in [0.4, 0.5) is 0 Å². The molecule has 12 nitrogen and oxygen atoms in total. The fraction of sp³-hybridized carbons (Fsp3) is 0.618. The third-order valence-electron chi connectivity index (χ3n) is 9.48. The largest absolute Gasteiger partial charge is 0.492 e. The Morgan fingerprint density at radius 3 is 2.41 bits per heavy atom. The maximum absolute atomic E-state index is 14.1. The van der Waals surface area contributed by atoms with E-state index in [1.165, 1.54) is 11.8 Å². The molecule has 0 saturated carbocycles. The van der Waals surface area contributed by atoms with Gasteiger partial charge >= 0.3 is 0 Å².